The zero-order valence-electron chi connectivity index (χ0n) is 21.7. The molecule has 198 valence electrons. The molecule has 0 aliphatic carbocycles. The quantitative estimate of drug-likeness (QED) is 0.654. The van der Waals surface area contributed by atoms with E-state index in [1.165, 1.54) is 12.7 Å². The number of fused-ring (bicyclic) bond motifs is 2. The molecule has 0 bridgehead atoms. The van der Waals surface area contributed by atoms with Gasteiger partial charge in [0.15, 0.2) is 29.0 Å². The molecule has 4 heterocycles. The Morgan fingerprint density at radius 3 is 2.17 bits per heavy atom. The van der Waals surface area contributed by atoms with Crippen LogP contribution in [0.2, 0.25) is 0 Å². The highest BCUT2D eigenvalue weighted by atomic mass is 16.8. The number of amides is 2. The molecule has 13 heteroatoms. The smallest absolute Gasteiger partial charge is 0.425 e. The van der Waals surface area contributed by atoms with E-state index in [4.69, 9.17) is 23.7 Å². The molecule has 0 spiro atoms. The van der Waals surface area contributed by atoms with Crippen LogP contribution in [0, 0.1) is 0 Å². The molecule has 4 rings (SSSR count). The first-order valence-electron chi connectivity index (χ1n) is 11.7. The highest BCUT2D eigenvalue weighted by molar-refractivity contribution is 6.12. The first kappa shape index (κ1) is 26.2. The van der Waals surface area contributed by atoms with Crippen LogP contribution in [-0.2, 0) is 23.7 Å². The number of nitrogens with zero attached hydrogens (tertiary/aromatic N) is 5. The lowest BCUT2D eigenvalue weighted by Gasteiger charge is -2.28. The van der Waals surface area contributed by atoms with Crippen LogP contribution >= 0.6 is 0 Å². The molecule has 0 saturated carbocycles. The average Bonchev–Trinajstić information content (AvgIpc) is 3.36. The second-order valence-corrected chi connectivity index (χ2v) is 11.1. The van der Waals surface area contributed by atoms with Gasteiger partial charge in [-0.05, 0) is 55.4 Å². The monoisotopic (exact) mass is 507 g/mol. The Kier molecular flexibility index (Phi) is 6.48. The number of carbonyl (C=O) groups excluding carboxylic acids is 2. The molecule has 2 aliphatic heterocycles. The minimum Gasteiger partial charge on any atom is -0.443 e. The molecule has 1 N–H and O–H groups in total. The van der Waals surface area contributed by atoms with Crippen LogP contribution in [0.5, 0.6) is 0 Å². The van der Waals surface area contributed by atoms with Gasteiger partial charge in [0.2, 0.25) is 0 Å². The third kappa shape index (κ3) is 5.14. The van der Waals surface area contributed by atoms with Gasteiger partial charge in [0.1, 0.15) is 35.8 Å². The SMILES string of the molecule is CC(C)(C)OC(=O)N(C(=O)OC(C)(C)C)c1ncnc2c1ncn2[C@@H]1O[C@H](CO)[C@H]2OC(C)(C)O[C@@H]21. The number of aromatic nitrogens is 4. The Bertz CT molecular complexity index is 1120. The summed E-state index contributed by atoms with van der Waals surface area (Å²) in [7, 11) is 0. The van der Waals surface area contributed by atoms with E-state index in [2.05, 4.69) is 15.0 Å². The van der Waals surface area contributed by atoms with Gasteiger partial charge in [0, 0.05) is 0 Å². The van der Waals surface area contributed by atoms with Gasteiger partial charge in [-0.15, -0.1) is 0 Å². The van der Waals surface area contributed by atoms with Crippen molar-refractivity contribution in [3.8, 4) is 0 Å². The fourth-order valence-electron chi connectivity index (χ4n) is 4.08. The normalized spacial score (nSPS) is 25.6. The predicted octanol–water partition coefficient (Wildman–Crippen LogP) is 2.91. The Morgan fingerprint density at radius 2 is 1.61 bits per heavy atom. The summed E-state index contributed by atoms with van der Waals surface area (Å²) < 4.78 is 30.5. The largest absolute Gasteiger partial charge is 0.443 e. The molecule has 2 fully saturated rings. The maximum absolute atomic E-state index is 13.1. The van der Waals surface area contributed by atoms with Crippen molar-refractivity contribution in [1.29, 1.82) is 0 Å². The van der Waals surface area contributed by atoms with E-state index in [0.717, 1.165) is 0 Å². The topological polar surface area (TPSA) is 147 Å². The number of aliphatic hydroxyl groups is 1. The van der Waals surface area contributed by atoms with Crippen molar-refractivity contribution >= 4 is 29.2 Å². The predicted molar refractivity (Wildman–Crippen MR) is 125 cm³/mol. The van der Waals surface area contributed by atoms with Crippen molar-refractivity contribution in [3.63, 3.8) is 0 Å². The zero-order chi connectivity index (χ0) is 26.6. The summed E-state index contributed by atoms with van der Waals surface area (Å²) in [5.74, 6) is -0.981. The molecule has 2 aromatic heterocycles. The number of carbonyl (C=O) groups is 2. The number of imide groups is 1. The Hall–Kier alpha value is -2.87. The minimum atomic E-state index is -0.974. The van der Waals surface area contributed by atoms with E-state index in [-0.39, 0.29) is 23.6 Å². The summed E-state index contributed by atoms with van der Waals surface area (Å²) in [6, 6.07) is 0. The van der Waals surface area contributed by atoms with E-state index in [1.807, 2.05) is 0 Å². The zero-order valence-corrected chi connectivity index (χ0v) is 21.7. The third-order valence-electron chi connectivity index (χ3n) is 5.28. The summed E-state index contributed by atoms with van der Waals surface area (Å²) in [6.07, 6.45) is -1.73. The summed E-state index contributed by atoms with van der Waals surface area (Å²) in [6.45, 7) is 13.4. The lowest BCUT2D eigenvalue weighted by atomic mass is 10.1. The second kappa shape index (κ2) is 8.91. The number of ether oxygens (including phenoxy) is 5. The number of hydrogen-bond acceptors (Lipinski definition) is 11. The second-order valence-electron chi connectivity index (χ2n) is 11.1. The van der Waals surface area contributed by atoms with Gasteiger partial charge >= 0.3 is 12.2 Å². The Morgan fingerprint density at radius 1 is 1.03 bits per heavy atom. The van der Waals surface area contributed by atoms with Gasteiger partial charge in [-0.25, -0.2) is 24.5 Å². The summed E-state index contributed by atoms with van der Waals surface area (Å²) in [5, 5.41) is 9.82. The van der Waals surface area contributed by atoms with Gasteiger partial charge in [-0.1, -0.05) is 0 Å². The third-order valence-corrected chi connectivity index (χ3v) is 5.28. The summed E-state index contributed by atoms with van der Waals surface area (Å²) in [5.41, 5.74) is -1.36. The van der Waals surface area contributed by atoms with E-state index < -0.39 is 53.7 Å². The molecule has 2 amide bonds. The highest BCUT2D eigenvalue weighted by Crippen LogP contribution is 2.43. The molecule has 13 nitrogen and oxygen atoms in total. The minimum absolute atomic E-state index is 0.112. The molecular formula is C23H33N5O8. The van der Waals surface area contributed by atoms with Crippen molar-refractivity contribution in [2.75, 3.05) is 11.5 Å². The highest BCUT2D eigenvalue weighted by Gasteiger charge is 2.56. The first-order chi connectivity index (χ1) is 16.6. The lowest BCUT2D eigenvalue weighted by Crippen LogP contribution is -2.44. The number of aliphatic hydroxyl groups excluding tert-OH is 1. The van der Waals surface area contributed by atoms with Gasteiger partial charge in [-0.3, -0.25) is 4.57 Å². The molecule has 2 aliphatic rings. The van der Waals surface area contributed by atoms with Gasteiger partial charge in [0.25, 0.3) is 0 Å². The van der Waals surface area contributed by atoms with Gasteiger partial charge in [-0.2, -0.15) is 4.90 Å². The number of imidazole rings is 1. The molecule has 4 atom stereocenters. The van der Waals surface area contributed by atoms with Crippen LogP contribution in [0.3, 0.4) is 0 Å². The van der Waals surface area contributed by atoms with Crippen molar-refractivity contribution in [2.24, 2.45) is 0 Å². The molecule has 0 aromatic carbocycles. The van der Waals surface area contributed by atoms with E-state index in [0.29, 0.717) is 4.90 Å². The lowest BCUT2D eigenvalue weighted by molar-refractivity contribution is -0.199. The van der Waals surface area contributed by atoms with Crippen molar-refractivity contribution < 1.29 is 38.4 Å². The Labute approximate surface area is 208 Å². The van der Waals surface area contributed by atoms with E-state index >= 15 is 0 Å². The maximum atomic E-state index is 13.1. The fourth-order valence-corrected chi connectivity index (χ4v) is 4.08. The number of anilines is 1. The molecule has 36 heavy (non-hydrogen) atoms. The standard InChI is InChI=1S/C23H33N5O8/c1-21(2,3)35-19(30)28(20(31)36-22(4,5)6)17-13-16(24-10-25-17)27(11-26-13)18-15-14(12(9-29)32-18)33-23(7,8)34-15/h10-12,14-15,18,29H,9H2,1-8H3/t12-,14-,15+,18-/m1/s1. The van der Waals surface area contributed by atoms with E-state index in [1.54, 1.807) is 60.0 Å². The van der Waals surface area contributed by atoms with Gasteiger partial charge < -0.3 is 28.8 Å². The van der Waals surface area contributed by atoms with Crippen LogP contribution in [-0.4, -0.2) is 78.7 Å². The van der Waals surface area contributed by atoms with Crippen LogP contribution in [0.4, 0.5) is 15.4 Å². The van der Waals surface area contributed by atoms with Crippen molar-refractivity contribution in [3.05, 3.63) is 12.7 Å². The molecule has 2 aromatic rings. The molecule has 0 unspecified atom stereocenters. The Balaban J connectivity index is 1.76. The van der Waals surface area contributed by atoms with Crippen LogP contribution in [0.25, 0.3) is 11.2 Å². The fraction of sp³-hybridized carbons (Fsp3) is 0.696. The summed E-state index contributed by atoms with van der Waals surface area (Å²) >= 11 is 0. The average molecular weight is 508 g/mol. The maximum Gasteiger partial charge on any atom is 0.425 e. The van der Waals surface area contributed by atoms with E-state index in [9.17, 15) is 14.7 Å². The molecule has 0 radical (unpaired) electrons. The van der Waals surface area contributed by atoms with Crippen LogP contribution in [0.15, 0.2) is 12.7 Å². The number of hydrogen-bond donors (Lipinski definition) is 1. The van der Waals surface area contributed by atoms with Crippen molar-refractivity contribution in [1.82, 2.24) is 19.5 Å². The molecular weight excluding hydrogens is 474 g/mol. The van der Waals surface area contributed by atoms with Crippen LogP contribution in [0.1, 0.15) is 61.6 Å². The van der Waals surface area contributed by atoms with Crippen molar-refractivity contribution in [2.45, 2.75) is 96.9 Å². The number of rotatable bonds is 3. The first-order valence-corrected chi connectivity index (χ1v) is 11.7. The van der Waals surface area contributed by atoms with Gasteiger partial charge in [0.05, 0.1) is 12.9 Å². The summed E-state index contributed by atoms with van der Waals surface area (Å²) in [4.78, 5) is 39.8. The molecule has 2 saturated heterocycles. The van der Waals surface area contributed by atoms with Crippen LogP contribution < -0.4 is 4.90 Å².